The predicted molar refractivity (Wildman–Crippen MR) is 102 cm³/mol. The van der Waals surface area contributed by atoms with Gasteiger partial charge < -0.3 is 9.64 Å². The van der Waals surface area contributed by atoms with E-state index in [1.54, 1.807) is 43.3 Å². The van der Waals surface area contributed by atoms with Gasteiger partial charge in [0.1, 0.15) is 5.75 Å². The highest BCUT2D eigenvalue weighted by molar-refractivity contribution is 7.91. The minimum Gasteiger partial charge on any atom is -0.496 e. The third-order valence-electron chi connectivity index (χ3n) is 4.30. The number of aryl methyl sites for hydroxylation is 1. The molecular formula is C20H25NO4S. The summed E-state index contributed by atoms with van der Waals surface area (Å²) in [7, 11) is -0.145. The van der Waals surface area contributed by atoms with Gasteiger partial charge in [0, 0.05) is 20.0 Å². The van der Waals surface area contributed by atoms with Gasteiger partial charge in [-0.3, -0.25) is 4.79 Å². The number of carbonyl (C=O) groups excluding carboxylic acids is 1. The van der Waals surface area contributed by atoms with Crippen molar-refractivity contribution in [1.29, 1.82) is 0 Å². The maximum absolute atomic E-state index is 12.3. The van der Waals surface area contributed by atoms with Crippen LogP contribution in [0.1, 0.15) is 17.5 Å². The lowest BCUT2D eigenvalue weighted by Crippen LogP contribution is -2.30. The molecule has 2 rings (SSSR count). The Morgan fingerprint density at radius 2 is 1.73 bits per heavy atom. The predicted octanol–water partition coefficient (Wildman–Crippen LogP) is 2.87. The maximum atomic E-state index is 12.3. The molecule has 2 aromatic rings. The summed E-state index contributed by atoms with van der Waals surface area (Å²) in [4.78, 5) is 14.1. The van der Waals surface area contributed by atoms with E-state index in [9.17, 15) is 13.2 Å². The molecule has 0 heterocycles. The molecule has 0 N–H and O–H groups in total. The lowest BCUT2D eigenvalue weighted by atomic mass is 10.1. The molecule has 0 unspecified atom stereocenters. The van der Waals surface area contributed by atoms with E-state index in [4.69, 9.17) is 4.74 Å². The van der Waals surface area contributed by atoms with Gasteiger partial charge in [0.25, 0.3) is 0 Å². The third-order valence-corrected chi connectivity index (χ3v) is 6.03. The molecule has 0 aromatic heterocycles. The molecule has 0 aliphatic heterocycles. The highest BCUT2D eigenvalue weighted by Gasteiger charge is 2.18. The smallest absolute Gasteiger partial charge is 0.223 e. The first-order chi connectivity index (χ1) is 12.3. The molecule has 6 heteroatoms. The second-order valence-electron chi connectivity index (χ2n) is 6.26. The topological polar surface area (TPSA) is 63.7 Å². The number of carbonyl (C=O) groups is 1. The number of para-hydroxylation sites is 1. The fourth-order valence-electron chi connectivity index (χ4n) is 2.60. The Kier molecular flexibility index (Phi) is 6.80. The lowest BCUT2D eigenvalue weighted by molar-refractivity contribution is -0.129. The molecule has 0 saturated carbocycles. The minimum atomic E-state index is -3.45. The van der Waals surface area contributed by atoms with Crippen LogP contribution in [-0.2, 0) is 21.1 Å². The van der Waals surface area contributed by atoms with E-state index >= 15 is 0 Å². The molecule has 26 heavy (non-hydrogen) atoms. The highest BCUT2D eigenvalue weighted by Crippen LogP contribution is 2.18. The van der Waals surface area contributed by atoms with Gasteiger partial charge in [-0.05, 0) is 37.1 Å². The highest BCUT2D eigenvalue weighted by atomic mass is 32.2. The molecule has 140 valence electrons. The molecule has 0 aliphatic carbocycles. The number of nitrogens with zero attached hydrogens (tertiary/aromatic N) is 1. The summed E-state index contributed by atoms with van der Waals surface area (Å²) in [6, 6.07) is 14.3. The van der Waals surface area contributed by atoms with Crippen molar-refractivity contribution in [1.82, 2.24) is 4.90 Å². The van der Waals surface area contributed by atoms with Crippen LogP contribution in [0.4, 0.5) is 0 Å². The molecular weight excluding hydrogens is 350 g/mol. The first-order valence-electron chi connectivity index (χ1n) is 8.49. The third kappa shape index (κ3) is 5.33. The Morgan fingerprint density at radius 1 is 1.08 bits per heavy atom. The molecule has 0 fully saturated rings. The summed E-state index contributed by atoms with van der Waals surface area (Å²) >= 11 is 0. The summed E-state index contributed by atoms with van der Waals surface area (Å²) in [6.07, 6.45) is 0.621. The zero-order valence-electron chi connectivity index (χ0n) is 15.4. The van der Waals surface area contributed by atoms with Gasteiger partial charge in [0.2, 0.25) is 5.91 Å². The van der Waals surface area contributed by atoms with Gasteiger partial charge in [0.05, 0.1) is 17.8 Å². The van der Waals surface area contributed by atoms with Crippen molar-refractivity contribution in [3.05, 3.63) is 59.7 Å². The van der Waals surface area contributed by atoms with Crippen LogP contribution in [0.2, 0.25) is 0 Å². The number of hydrogen-bond donors (Lipinski definition) is 0. The van der Waals surface area contributed by atoms with Gasteiger partial charge in [-0.15, -0.1) is 0 Å². The van der Waals surface area contributed by atoms with E-state index in [2.05, 4.69) is 0 Å². The average Bonchev–Trinajstić information content (AvgIpc) is 2.64. The number of likely N-dealkylation sites (N-methyl/N-ethyl adjacent to an activating group) is 1. The van der Waals surface area contributed by atoms with Crippen LogP contribution in [-0.4, -0.2) is 45.7 Å². The van der Waals surface area contributed by atoms with Crippen molar-refractivity contribution in [2.24, 2.45) is 0 Å². The summed E-state index contributed by atoms with van der Waals surface area (Å²) in [5, 5.41) is 0. The average molecular weight is 375 g/mol. The molecule has 0 radical (unpaired) electrons. The Labute approximate surface area is 155 Å². The Balaban J connectivity index is 1.89. The Morgan fingerprint density at radius 3 is 2.38 bits per heavy atom. The van der Waals surface area contributed by atoms with E-state index in [0.717, 1.165) is 16.9 Å². The van der Waals surface area contributed by atoms with Crippen molar-refractivity contribution in [3.63, 3.8) is 0 Å². The summed E-state index contributed by atoms with van der Waals surface area (Å²) in [5.74, 6) is 0.416. The van der Waals surface area contributed by atoms with Gasteiger partial charge >= 0.3 is 0 Å². The summed E-state index contributed by atoms with van der Waals surface area (Å²) in [6.45, 7) is 2.40. The number of hydrogen-bond acceptors (Lipinski definition) is 4. The zero-order valence-corrected chi connectivity index (χ0v) is 16.3. The van der Waals surface area contributed by atoms with Crippen molar-refractivity contribution in [2.45, 2.75) is 24.7 Å². The lowest BCUT2D eigenvalue weighted by Gasteiger charge is -2.18. The first-order valence-corrected chi connectivity index (χ1v) is 10.1. The number of amides is 1. The largest absolute Gasteiger partial charge is 0.496 e. The normalized spacial score (nSPS) is 11.2. The van der Waals surface area contributed by atoms with Crippen LogP contribution in [0.5, 0.6) is 5.75 Å². The van der Waals surface area contributed by atoms with Crippen molar-refractivity contribution < 1.29 is 17.9 Å². The molecule has 0 bridgehead atoms. The molecule has 0 aliphatic rings. The second kappa shape index (κ2) is 8.85. The molecule has 1 amide bonds. The molecule has 0 atom stereocenters. The van der Waals surface area contributed by atoms with E-state index in [0.29, 0.717) is 13.0 Å². The van der Waals surface area contributed by atoms with Gasteiger partial charge in [-0.2, -0.15) is 0 Å². The molecule has 2 aromatic carbocycles. The van der Waals surface area contributed by atoms with Crippen molar-refractivity contribution in [2.75, 3.05) is 26.5 Å². The number of benzene rings is 2. The quantitative estimate of drug-likeness (QED) is 0.712. The van der Waals surface area contributed by atoms with Crippen LogP contribution in [0, 0.1) is 6.92 Å². The molecule has 0 saturated heterocycles. The van der Waals surface area contributed by atoms with Crippen LogP contribution in [0.15, 0.2) is 53.4 Å². The van der Waals surface area contributed by atoms with Crippen LogP contribution in [0.25, 0.3) is 0 Å². The number of sulfone groups is 1. The molecule has 5 nitrogen and oxygen atoms in total. The summed E-state index contributed by atoms with van der Waals surface area (Å²) < 4.78 is 30.0. The first kappa shape index (κ1) is 20.0. The van der Waals surface area contributed by atoms with Crippen molar-refractivity contribution in [3.8, 4) is 5.75 Å². The van der Waals surface area contributed by atoms with E-state index < -0.39 is 9.84 Å². The molecule has 0 spiro atoms. The number of methoxy groups -OCH3 is 1. The van der Waals surface area contributed by atoms with Gasteiger partial charge in [-0.25, -0.2) is 8.42 Å². The monoisotopic (exact) mass is 375 g/mol. The Hall–Kier alpha value is -2.34. The van der Waals surface area contributed by atoms with E-state index in [1.165, 1.54) is 0 Å². The second-order valence-corrected chi connectivity index (χ2v) is 8.37. The number of rotatable bonds is 8. The van der Waals surface area contributed by atoms with Gasteiger partial charge in [-0.1, -0.05) is 35.9 Å². The van der Waals surface area contributed by atoms with Gasteiger partial charge in [0.15, 0.2) is 9.84 Å². The van der Waals surface area contributed by atoms with Crippen LogP contribution < -0.4 is 4.74 Å². The van der Waals surface area contributed by atoms with Crippen LogP contribution in [0.3, 0.4) is 0 Å². The van der Waals surface area contributed by atoms with E-state index in [-0.39, 0.29) is 23.0 Å². The minimum absolute atomic E-state index is 0.0291. The van der Waals surface area contributed by atoms with Crippen molar-refractivity contribution >= 4 is 15.7 Å². The standard InChI is InChI=1S/C20H25NO4S/c1-16-8-10-18(11-9-16)26(23,24)15-13-20(22)21(2)14-12-17-6-4-5-7-19(17)25-3/h4-11H,12-15H2,1-3H3. The fourth-order valence-corrected chi connectivity index (χ4v) is 3.83. The number of ether oxygens (including phenoxy) is 1. The summed E-state index contributed by atoms with van der Waals surface area (Å²) in [5.41, 5.74) is 2.01. The SMILES string of the molecule is COc1ccccc1CCN(C)C(=O)CCS(=O)(=O)c1ccc(C)cc1. The maximum Gasteiger partial charge on any atom is 0.223 e. The zero-order chi connectivity index (χ0) is 19.2. The Bertz CT molecular complexity index is 844. The van der Waals surface area contributed by atoms with E-state index in [1.807, 2.05) is 31.2 Å². The fraction of sp³-hybridized carbons (Fsp3) is 0.350. The van der Waals surface area contributed by atoms with Crippen LogP contribution >= 0.6 is 0 Å².